The Morgan fingerprint density at radius 2 is 2.28 bits per heavy atom. The zero-order chi connectivity index (χ0) is 13.3. The quantitative estimate of drug-likeness (QED) is 0.485. The lowest BCUT2D eigenvalue weighted by molar-refractivity contribution is -0.384. The molecule has 2 N–H and O–H groups in total. The molecule has 0 amide bonds. The van der Waals surface area contributed by atoms with Crippen LogP contribution >= 0.6 is 0 Å². The number of nitrogens with zero attached hydrogens (tertiary/aromatic N) is 3. The number of benzene rings is 1. The number of anilines is 1. The van der Waals surface area contributed by atoms with Crippen molar-refractivity contribution >= 4 is 23.3 Å². The maximum atomic E-state index is 11.0. The third-order valence-electron chi connectivity index (χ3n) is 2.92. The third kappa shape index (κ3) is 1.81. The standard InChI is InChI=1S/C12H14N4O2/c1-14-6-8-7-15(2)12-9(11(8)13)4-3-5-10(12)16(17)18/h3-6H,7,13H2,1-2H3. The van der Waals surface area contributed by atoms with Gasteiger partial charge in [0.1, 0.15) is 5.69 Å². The van der Waals surface area contributed by atoms with E-state index in [2.05, 4.69) is 4.99 Å². The van der Waals surface area contributed by atoms with Crippen molar-refractivity contribution in [3.05, 3.63) is 39.4 Å². The fourth-order valence-corrected chi connectivity index (χ4v) is 2.16. The molecule has 1 aromatic rings. The number of aliphatic imine (C=N–C) groups is 1. The van der Waals surface area contributed by atoms with Crippen LogP contribution in [0.1, 0.15) is 5.56 Å². The van der Waals surface area contributed by atoms with E-state index in [1.807, 2.05) is 11.9 Å². The molecule has 0 radical (unpaired) electrons. The molecule has 0 fully saturated rings. The summed E-state index contributed by atoms with van der Waals surface area (Å²) >= 11 is 0. The van der Waals surface area contributed by atoms with Crippen molar-refractivity contribution in [1.82, 2.24) is 0 Å². The van der Waals surface area contributed by atoms with E-state index in [-0.39, 0.29) is 10.6 Å². The van der Waals surface area contributed by atoms with E-state index < -0.39 is 0 Å². The van der Waals surface area contributed by atoms with Crippen LogP contribution in [0.25, 0.3) is 5.70 Å². The molecule has 0 aromatic heterocycles. The molecule has 0 unspecified atom stereocenters. The van der Waals surface area contributed by atoms with E-state index in [1.165, 1.54) is 6.07 Å². The predicted molar refractivity (Wildman–Crippen MR) is 71.9 cm³/mol. The van der Waals surface area contributed by atoms with Crippen LogP contribution in [0, 0.1) is 10.1 Å². The fraction of sp³-hybridized carbons (Fsp3) is 0.250. The SMILES string of the molecule is CN=CC1=C(N)c2cccc([N+](=O)[O-])c2N(C)C1. The van der Waals surface area contributed by atoms with Crippen LogP contribution in [0.2, 0.25) is 0 Å². The molecular weight excluding hydrogens is 232 g/mol. The van der Waals surface area contributed by atoms with Crippen molar-refractivity contribution in [1.29, 1.82) is 0 Å². The van der Waals surface area contributed by atoms with E-state index >= 15 is 0 Å². The highest BCUT2D eigenvalue weighted by Gasteiger charge is 2.27. The zero-order valence-corrected chi connectivity index (χ0v) is 10.3. The Balaban J connectivity index is 2.68. The molecule has 94 valence electrons. The highest BCUT2D eigenvalue weighted by atomic mass is 16.6. The van der Waals surface area contributed by atoms with Gasteiger partial charge in [0.05, 0.1) is 4.92 Å². The summed E-state index contributed by atoms with van der Waals surface area (Å²) in [4.78, 5) is 16.4. The van der Waals surface area contributed by atoms with Crippen molar-refractivity contribution < 1.29 is 4.92 Å². The monoisotopic (exact) mass is 246 g/mol. The fourth-order valence-electron chi connectivity index (χ4n) is 2.16. The van der Waals surface area contributed by atoms with Crippen molar-refractivity contribution in [2.24, 2.45) is 10.7 Å². The van der Waals surface area contributed by atoms with E-state index in [0.29, 0.717) is 23.5 Å². The molecule has 1 heterocycles. The Kier molecular flexibility index (Phi) is 3.01. The molecule has 0 atom stereocenters. The summed E-state index contributed by atoms with van der Waals surface area (Å²) in [5.41, 5.74) is 8.79. The molecule has 0 spiro atoms. The number of likely N-dealkylation sites (N-methyl/N-ethyl adjacent to an activating group) is 1. The van der Waals surface area contributed by atoms with Gasteiger partial charge in [-0.05, 0) is 0 Å². The minimum atomic E-state index is -0.387. The minimum absolute atomic E-state index is 0.0745. The molecule has 1 aliphatic rings. The van der Waals surface area contributed by atoms with E-state index in [0.717, 1.165) is 5.57 Å². The van der Waals surface area contributed by atoms with Gasteiger partial charge in [-0.3, -0.25) is 15.1 Å². The van der Waals surface area contributed by atoms with Crippen LogP contribution in [-0.4, -0.2) is 31.8 Å². The third-order valence-corrected chi connectivity index (χ3v) is 2.92. The van der Waals surface area contributed by atoms with Gasteiger partial charge >= 0.3 is 0 Å². The number of rotatable bonds is 2. The predicted octanol–water partition coefficient (Wildman–Crippen LogP) is 1.42. The average Bonchev–Trinajstić information content (AvgIpc) is 2.35. The van der Waals surface area contributed by atoms with Gasteiger partial charge in [-0.2, -0.15) is 0 Å². The number of nitrogens with two attached hydrogens (primary N) is 1. The highest BCUT2D eigenvalue weighted by Crippen LogP contribution is 2.37. The van der Waals surface area contributed by atoms with Gasteiger partial charge in [0.2, 0.25) is 0 Å². The van der Waals surface area contributed by atoms with Gasteiger partial charge in [0, 0.05) is 49.8 Å². The van der Waals surface area contributed by atoms with E-state index in [1.54, 1.807) is 25.4 Å². The number of fused-ring (bicyclic) bond motifs is 1. The normalized spacial score (nSPS) is 15.1. The van der Waals surface area contributed by atoms with Crippen LogP contribution in [0.4, 0.5) is 11.4 Å². The lowest BCUT2D eigenvalue weighted by Gasteiger charge is -2.28. The lowest BCUT2D eigenvalue weighted by Crippen LogP contribution is -2.29. The van der Waals surface area contributed by atoms with E-state index in [9.17, 15) is 10.1 Å². The van der Waals surface area contributed by atoms with Gasteiger partial charge < -0.3 is 10.6 Å². The summed E-state index contributed by atoms with van der Waals surface area (Å²) < 4.78 is 0. The maximum absolute atomic E-state index is 11.0. The Labute approximate surface area is 105 Å². The van der Waals surface area contributed by atoms with Gasteiger partial charge in [0.15, 0.2) is 0 Å². The molecule has 0 bridgehead atoms. The first-order valence-electron chi connectivity index (χ1n) is 5.46. The molecule has 6 heteroatoms. The second-order valence-corrected chi connectivity index (χ2v) is 4.11. The largest absolute Gasteiger partial charge is 0.398 e. The Morgan fingerprint density at radius 3 is 2.89 bits per heavy atom. The molecule has 0 saturated heterocycles. The van der Waals surface area contributed by atoms with Gasteiger partial charge in [-0.25, -0.2) is 0 Å². The van der Waals surface area contributed by atoms with E-state index in [4.69, 9.17) is 5.73 Å². The second-order valence-electron chi connectivity index (χ2n) is 4.11. The number of hydrogen-bond donors (Lipinski definition) is 1. The van der Waals surface area contributed by atoms with Crippen LogP contribution in [0.5, 0.6) is 0 Å². The lowest BCUT2D eigenvalue weighted by atomic mass is 9.99. The first-order valence-corrected chi connectivity index (χ1v) is 5.46. The molecule has 2 rings (SSSR count). The van der Waals surface area contributed by atoms with Crippen molar-refractivity contribution in [3.8, 4) is 0 Å². The minimum Gasteiger partial charge on any atom is -0.398 e. The first-order chi connectivity index (χ1) is 8.56. The Morgan fingerprint density at radius 1 is 1.56 bits per heavy atom. The van der Waals surface area contributed by atoms with Gasteiger partial charge in [-0.15, -0.1) is 0 Å². The van der Waals surface area contributed by atoms with Crippen molar-refractivity contribution in [2.45, 2.75) is 0 Å². The Bertz CT molecular complexity index is 563. The van der Waals surface area contributed by atoms with Crippen molar-refractivity contribution in [2.75, 3.05) is 25.5 Å². The number of nitro groups is 1. The summed E-state index contributed by atoms with van der Waals surface area (Å²) in [6, 6.07) is 4.92. The number of hydrogen-bond acceptors (Lipinski definition) is 5. The second kappa shape index (κ2) is 4.48. The average molecular weight is 246 g/mol. The molecule has 0 aliphatic carbocycles. The van der Waals surface area contributed by atoms with Crippen LogP contribution in [0.15, 0.2) is 28.8 Å². The molecule has 1 aliphatic heterocycles. The molecule has 0 saturated carbocycles. The smallest absolute Gasteiger partial charge is 0.293 e. The molecule has 1 aromatic carbocycles. The summed E-state index contributed by atoms with van der Waals surface area (Å²) in [7, 11) is 3.48. The van der Waals surface area contributed by atoms with Crippen molar-refractivity contribution in [3.63, 3.8) is 0 Å². The summed E-state index contributed by atoms with van der Waals surface area (Å²) in [5, 5.41) is 11.0. The van der Waals surface area contributed by atoms with Gasteiger partial charge in [0.25, 0.3) is 5.69 Å². The Hall–Kier alpha value is -2.37. The topological polar surface area (TPSA) is 84.8 Å². The summed E-state index contributed by atoms with van der Waals surface area (Å²) in [6.07, 6.45) is 1.69. The number of nitro benzene ring substituents is 1. The molecule has 18 heavy (non-hydrogen) atoms. The van der Waals surface area contributed by atoms with Gasteiger partial charge in [-0.1, -0.05) is 12.1 Å². The highest BCUT2D eigenvalue weighted by molar-refractivity contribution is 5.97. The number of para-hydroxylation sites is 1. The maximum Gasteiger partial charge on any atom is 0.293 e. The summed E-state index contributed by atoms with van der Waals surface area (Å²) in [6.45, 7) is 0.515. The zero-order valence-electron chi connectivity index (χ0n) is 10.3. The van der Waals surface area contributed by atoms with Crippen LogP contribution in [0.3, 0.4) is 0 Å². The summed E-state index contributed by atoms with van der Waals surface area (Å²) in [5.74, 6) is 0. The van der Waals surface area contributed by atoms with Crippen LogP contribution in [-0.2, 0) is 0 Å². The van der Waals surface area contributed by atoms with Crippen LogP contribution < -0.4 is 10.6 Å². The molecule has 6 nitrogen and oxygen atoms in total. The first kappa shape index (κ1) is 12.1. The molecular formula is C12H14N4O2.